The highest BCUT2D eigenvalue weighted by atomic mass is 32.2. The maximum absolute atomic E-state index is 13.0. The number of para-hydroxylation sites is 1. The summed E-state index contributed by atoms with van der Waals surface area (Å²) in [7, 11) is -3.64. The average Bonchev–Trinajstić information content (AvgIpc) is 2.91. The molecule has 4 nitrogen and oxygen atoms in total. The van der Waals surface area contributed by atoms with Gasteiger partial charge in [-0.15, -0.1) is 0 Å². The second kappa shape index (κ2) is 5.86. The van der Waals surface area contributed by atoms with Crippen LogP contribution in [0.15, 0.2) is 69.5 Å². The normalized spacial score (nSPS) is 18.7. The van der Waals surface area contributed by atoms with Gasteiger partial charge in [-0.3, -0.25) is 4.99 Å². The Morgan fingerprint density at radius 3 is 2.56 bits per heavy atom. The summed E-state index contributed by atoms with van der Waals surface area (Å²) >= 11 is 0. The topological polar surface area (TPSA) is 62.3 Å². The van der Waals surface area contributed by atoms with Gasteiger partial charge < -0.3 is 4.98 Å². The van der Waals surface area contributed by atoms with Gasteiger partial charge in [0.25, 0.3) is 0 Å². The summed E-state index contributed by atoms with van der Waals surface area (Å²) in [5, 5.41) is 1.04. The fourth-order valence-corrected chi connectivity index (χ4v) is 4.13. The Balaban J connectivity index is 1.91. The lowest BCUT2D eigenvalue weighted by Crippen LogP contribution is -2.06. The van der Waals surface area contributed by atoms with E-state index in [1.165, 1.54) is 6.21 Å². The summed E-state index contributed by atoms with van der Waals surface area (Å²) in [5.74, 6) is 0. The van der Waals surface area contributed by atoms with Gasteiger partial charge in [0.15, 0.2) is 0 Å². The monoisotopic (exact) mass is 348 g/mol. The van der Waals surface area contributed by atoms with E-state index in [1.807, 2.05) is 37.3 Å². The second-order valence-electron chi connectivity index (χ2n) is 5.96. The van der Waals surface area contributed by atoms with Crippen molar-refractivity contribution < 1.29 is 8.42 Å². The minimum Gasteiger partial charge on any atom is -0.354 e. The maximum atomic E-state index is 13.0. The van der Waals surface area contributed by atoms with Crippen molar-refractivity contribution in [1.82, 2.24) is 4.98 Å². The van der Waals surface area contributed by atoms with Crippen LogP contribution in [0.2, 0.25) is 0 Å². The number of H-pyrrole nitrogens is 1. The van der Waals surface area contributed by atoms with E-state index < -0.39 is 9.84 Å². The molecule has 0 saturated carbocycles. The number of nitrogens with one attached hydrogen (secondary N) is 1. The Hall–Kier alpha value is -2.92. The lowest BCUT2D eigenvalue weighted by molar-refractivity contribution is 0.603. The van der Waals surface area contributed by atoms with Crippen LogP contribution in [0.5, 0.6) is 0 Å². The summed E-state index contributed by atoms with van der Waals surface area (Å²) in [4.78, 5) is 7.86. The Bertz CT molecular complexity index is 1150. The molecule has 0 fully saturated rings. The Labute approximate surface area is 146 Å². The number of sulfone groups is 1. The standard InChI is InChI=1S/C20H16N2O2S/c1-14-6-8-15(9-7-14)25(23,24)16-12-20-18(10-11-21-13-16)17-4-2-3-5-19(17)22-20/h2-13,22H,1H3/b11-10-,16-12+,16-13?,18-10?,20-12?,21-11?,21-13+. The van der Waals surface area contributed by atoms with Crippen molar-refractivity contribution in [3.63, 3.8) is 0 Å². The van der Waals surface area contributed by atoms with Gasteiger partial charge in [-0.05, 0) is 37.3 Å². The maximum Gasteiger partial charge on any atom is 0.208 e. The van der Waals surface area contributed by atoms with E-state index in [4.69, 9.17) is 0 Å². The van der Waals surface area contributed by atoms with Gasteiger partial charge in [0, 0.05) is 34.6 Å². The molecule has 5 heteroatoms. The fourth-order valence-electron chi connectivity index (χ4n) is 2.89. The molecule has 4 rings (SSSR count). The molecule has 2 heterocycles. The van der Waals surface area contributed by atoms with E-state index in [0.29, 0.717) is 0 Å². The first-order valence-electron chi connectivity index (χ1n) is 7.89. The molecular weight excluding hydrogens is 332 g/mol. The van der Waals surface area contributed by atoms with Gasteiger partial charge in [-0.1, -0.05) is 35.9 Å². The highest BCUT2D eigenvalue weighted by Gasteiger charge is 2.21. The molecule has 0 spiro atoms. The van der Waals surface area contributed by atoms with Crippen molar-refractivity contribution >= 4 is 39.1 Å². The smallest absolute Gasteiger partial charge is 0.208 e. The summed E-state index contributed by atoms with van der Waals surface area (Å²) in [6.45, 7) is 1.93. The first-order chi connectivity index (χ1) is 12.1. The van der Waals surface area contributed by atoms with Gasteiger partial charge in [0.1, 0.15) is 0 Å². The zero-order valence-electron chi connectivity index (χ0n) is 13.6. The first kappa shape index (κ1) is 15.6. The van der Waals surface area contributed by atoms with E-state index in [2.05, 4.69) is 9.98 Å². The van der Waals surface area contributed by atoms with E-state index in [-0.39, 0.29) is 9.80 Å². The number of aryl methyl sites for hydroxylation is 1. The number of aromatic amines is 1. The molecule has 124 valence electrons. The van der Waals surface area contributed by atoms with Crippen LogP contribution in [0.4, 0.5) is 0 Å². The Morgan fingerprint density at radius 2 is 1.76 bits per heavy atom. The largest absolute Gasteiger partial charge is 0.354 e. The summed E-state index contributed by atoms with van der Waals surface area (Å²) in [6, 6.07) is 14.7. The molecule has 0 unspecified atom stereocenters. The molecule has 0 saturated heterocycles. The fraction of sp³-hybridized carbons (Fsp3) is 0.0500. The van der Waals surface area contributed by atoms with Crippen LogP contribution in [0.1, 0.15) is 16.8 Å². The quantitative estimate of drug-likeness (QED) is 0.748. The van der Waals surface area contributed by atoms with Crippen LogP contribution < -0.4 is 0 Å². The van der Waals surface area contributed by atoms with Crippen molar-refractivity contribution in [2.24, 2.45) is 4.99 Å². The lowest BCUT2D eigenvalue weighted by Gasteiger charge is -2.07. The van der Waals surface area contributed by atoms with E-state index in [1.54, 1.807) is 36.5 Å². The van der Waals surface area contributed by atoms with Crippen LogP contribution in [-0.2, 0) is 9.84 Å². The van der Waals surface area contributed by atoms with Crippen molar-refractivity contribution in [2.75, 3.05) is 0 Å². The molecule has 1 aliphatic rings. The predicted molar refractivity (Wildman–Crippen MR) is 102 cm³/mol. The molecule has 0 amide bonds. The van der Waals surface area contributed by atoms with Crippen LogP contribution >= 0.6 is 0 Å². The van der Waals surface area contributed by atoms with Crippen molar-refractivity contribution in [3.05, 3.63) is 76.5 Å². The molecular formula is C20H16N2O2S. The molecule has 0 bridgehead atoms. The molecule has 1 aromatic heterocycles. The predicted octanol–water partition coefficient (Wildman–Crippen LogP) is 4.35. The molecule has 2 aromatic carbocycles. The molecule has 0 aliphatic carbocycles. The number of aromatic nitrogens is 1. The van der Waals surface area contributed by atoms with E-state index in [9.17, 15) is 8.42 Å². The third kappa shape index (κ3) is 2.72. The molecule has 25 heavy (non-hydrogen) atoms. The third-order valence-corrected chi connectivity index (χ3v) is 5.97. The number of rotatable bonds is 2. The molecule has 1 aliphatic heterocycles. The number of allylic oxidation sites excluding steroid dienone is 1. The minimum absolute atomic E-state index is 0.161. The average molecular weight is 348 g/mol. The SMILES string of the molecule is Cc1ccc(S(=O)(=O)C2=C\c3[nH]c4ccccc4c3\C=C/N=C/2)cc1. The molecule has 1 N–H and O–H groups in total. The molecule has 0 atom stereocenters. The highest BCUT2D eigenvalue weighted by Crippen LogP contribution is 2.28. The third-order valence-electron chi connectivity index (χ3n) is 4.23. The van der Waals surface area contributed by atoms with Gasteiger partial charge in [-0.2, -0.15) is 0 Å². The Kier molecular flexibility index (Phi) is 3.66. The summed E-state index contributed by atoms with van der Waals surface area (Å²) in [6.07, 6.45) is 6.55. The van der Waals surface area contributed by atoms with E-state index >= 15 is 0 Å². The van der Waals surface area contributed by atoms with Crippen LogP contribution in [-0.4, -0.2) is 19.6 Å². The number of nitrogens with zero attached hydrogens (tertiary/aromatic N) is 1. The minimum atomic E-state index is -3.64. The van der Waals surface area contributed by atoms with Gasteiger partial charge >= 0.3 is 0 Å². The van der Waals surface area contributed by atoms with Gasteiger partial charge in [0.05, 0.1) is 9.80 Å². The van der Waals surface area contributed by atoms with Crippen LogP contribution in [0.25, 0.3) is 23.1 Å². The highest BCUT2D eigenvalue weighted by molar-refractivity contribution is 7.96. The number of fused-ring (bicyclic) bond motifs is 3. The lowest BCUT2D eigenvalue weighted by atomic mass is 10.1. The van der Waals surface area contributed by atoms with Crippen molar-refractivity contribution in [1.29, 1.82) is 0 Å². The zero-order valence-corrected chi connectivity index (χ0v) is 14.4. The number of hydrogen-bond donors (Lipinski definition) is 1. The van der Waals surface area contributed by atoms with Crippen molar-refractivity contribution in [3.8, 4) is 0 Å². The van der Waals surface area contributed by atoms with E-state index in [0.717, 1.165) is 27.7 Å². The van der Waals surface area contributed by atoms with Crippen molar-refractivity contribution in [2.45, 2.75) is 11.8 Å². The number of aliphatic imine (C=N–C) groups is 1. The zero-order chi connectivity index (χ0) is 17.4. The number of hydrogen-bond acceptors (Lipinski definition) is 3. The second-order valence-corrected chi connectivity index (χ2v) is 7.90. The van der Waals surface area contributed by atoms with Gasteiger partial charge in [-0.25, -0.2) is 8.42 Å². The summed E-state index contributed by atoms with van der Waals surface area (Å²) in [5.41, 5.74) is 3.67. The van der Waals surface area contributed by atoms with Crippen LogP contribution in [0.3, 0.4) is 0 Å². The summed E-state index contributed by atoms with van der Waals surface area (Å²) < 4.78 is 26.0. The molecule has 3 aromatic rings. The van der Waals surface area contributed by atoms with Crippen LogP contribution in [0, 0.1) is 6.92 Å². The Morgan fingerprint density at radius 1 is 1.00 bits per heavy atom. The molecule has 0 radical (unpaired) electrons. The van der Waals surface area contributed by atoms with Gasteiger partial charge in [0.2, 0.25) is 9.84 Å². The first-order valence-corrected chi connectivity index (χ1v) is 9.38. The number of benzene rings is 2.